The first-order valence-electron chi connectivity index (χ1n) is 14.5. The molecule has 10 nitrogen and oxygen atoms in total. The van der Waals surface area contributed by atoms with Gasteiger partial charge in [-0.1, -0.05) is 13.8 Å². The van der Waals surface area contributed by atoms with Gasteiger partial charge in [-0.15, -0.1) is 0 Å². The van der Waals surface area contributed by atoms with Crippen molar-refractivity contribution < 1.29 is 46.4 Å². The van der Waals surface area contributed by atoms with E-state index in [-0.39, 0.29) is 51.6 Å². The van der Waals surface area contributed by atoms with Gasteiger partial charge in [0, 0.05) is 23.7 Å². The molecular formula is C30H33O10S-. The lowest BCUT2D eigenvalue weighted by Crippen LogP contribution is -2.56. The summed E-state index contributed by atoms with van der Waals surface area (Å²) >= 11 is 0. The normalized spacial score (nSPS) is 39.9. The van der Waals surface area contributed by atoms with E-state index in [2.05, 4.69) is 0 Å². The van der Waals surface area contributed by atoms with Gasteiger partial charge in [0.05, 0.1) is 22.1 Å². The number of esters is 3. The number of hydrogen-bond donors (Lipinski definition) is 0. The van der Waals surface area contributed by atoms with Gasteiger partial charge < -0.3 is 18.8 Å². The second kappa shape index (κ2) is 8.86. The van der Waals surface area contributed by atoms with Gasteiger partial charge >= 0.3 is 17.9 Å². The highest BCUT2D eigenvalue weighted by molar-refractivity contribution is 7.85. The lowest BCUT2D eigenvalue weighted by molar-refractivity contribution is -0.188. The summed E-state index contributed by atoms with van der Waals surface area (Å²) in [4.78, 5) is 52.6. The molecule has 1 aliphatic heterocycles. The Balaban J connectivity index is 1.14. The molecular weight excluding hydrogens is 552 g/mol. The lowest BCUT2D eigenvalue weighted by Gasteiger charge is -2.54. The van der Waals surface area contributed by atoms with Crippen LogP contribution in [-0.2, 0) is 38.8 Å². The number of rotatable bonds is 6. The molecule has 8 unspecified atom stereocenters. The van der Waals surface area contributed by atoms with Gasteiger partial charge in [0.1, 0.15) is 33.9 Å². The van der Waals surface area contributed by atoms with Crippen molar-refractivity contribution in [1.29, 1.82) is 0 Å². The molecule has 0 radical (unpaired) electrons. The molecule has 6 bridgehead atoms. The van der Waals surface area contributed by atoms with Crippen LogP contribution in [0.2, 0.25) is 0 Å². The van der Waals surface area contributed by atoms with Crippen molar-refractivity contribution in [3.8, 4) is 5.75 Å². The SMILES string of the molecule is Cc1cc(S(=O)(=O)[O-])c(C(C)C)cc1OC(=O)C1C2CC3C(OC(=O)C31)C2OC(=O)C12CC3CC(C1)C(=O)C(C3)C2. The predicted molar refractivity (Wildman–Crippen MR) is 138 cm³/mol. The second-order valence-electron chi connectivity index (χ2n) is 13.6. The highest BCUT2D eigenvalue weighted by Crippen LogP contribution is 2.62. The highest BCUT2D eigenvalue weighted by Gasteiger charge is 2.71. The molecule has 1 saturated heterocycles. The molecule has 6 saturated carbocycles. The Morgan fingerprint density at radius 3 is 2.37 bits per heavy atom. The summed E-state index contributed by atoms with van der Waals surface area (Å²) in [5, 5.41) is 0. The average Bonchev–Trinajstić information content (AvgIpc) is 3.51. The molecule has 220 valence electrons. The molecule has 1 aromatic carbocycles. The molecule has 7 fully saturated rings. The molecule has 0 aromatic heterocycles. The molecule has 11 heteroatoms. The van der Waals surface area contributed by atoms with Crippen molar-refractivity contribution in [3.63, 3.8) is 0 Å². The molecule has 8 atom stereocenters. The second-order valence-corrected chi connectivity index (χ2v) is 14.9. The van der Waals surface area contributed by atoms with Gasteiger partial charge in [-0.3, -0.25) is 19.2 Å². The third-order valence-corrected chi connectivity index (χ3v) is 11.8. The van der Waals surface area contributed by atoms with E-state index >= 15 is 0 Å². The number of aryl methyl sites for hydroxylation is 1. The van der Waals surface area contributed by atoms with Crippen LogP contribution in [0.5, 0.6) is 5.75 Å². The molecule has 41 heavy (non-hydrogen) atoms. The standard InChI is InChI=1S/C30H34O10S/c1-12(2)17-8-20(13(3)4-21(17)41(35,36)37)38-27(32)22-19-7-18-23(22)28(33)39-25(18)26(19)40-29(34)30-9-14-5-15(10-30)24(31)16(6-14)11-30/h4,8,12,14-16,18-19,22-23,25-26H,5-7,9-11H2,1-3H3,(H,35,36,37)/p-1. The number of ether oxygens (including phenoxy) is 3. The third-order valence-electron chi connectivity index (χ3n) is 10.9. The monoisotopic (exact) mass is 585 g/mol. The zero-order valence-corrected chi connectivity index (χ0v) is 24.0. The molecule has 8 rings (SSSR count). The number of carbonyl (C=O) groups excluding carboxylic acids is 4. The number of ketones is 1. The van der Waals surface area contributed by atoms with Crippen LogP contribution >= 0.6 is 0 Å². The van der Waals surface area contributed by atoms with E-state index in [1.54, 1.807) is 20.8 Å². The Morgan fingerprint density at radius 1 is 1.05 bits per heavy atom. The van der Waals surface area contributed by atoms with Crippen LogP contribution in [-0.4, -0.2) is 48.9 Å². The highest BCUT2D eigenvalue weighted by atomic mass is 32.2. The predicted octanol–water partition coefficient (Wildman–Crippen LogP) is 3.04. The van der Waals surface area contributed by atoms with Crippen molar-refractivity contribution in [2.24, 2.45) is 46.8 Å². The molecule has 0 N–H and O–H groups in total. The lowest BCUT2D eigenvalue weighted by atomic mass is 9.49. The Kier molecular flexibility index (Phi) is 5.85. The van der Waals surface area contributed by atoms with Gasteiger partial charge in [-0.05, 0) is 80.5 Å². The van der Waals surface area contributed by atoms with Crippen LogP contribution in [0, 0.1) is 53.8 Å². The summed E-state index contributed by atoms with van der Waals surface area (Å²) < 4.78 is 53.1. The first-order chi connectivity index (χ1) is 19.3. The van der Waals surface area contributed by atoms with Crippen molar-refractivity contribution in [3.05, 3.63) is 23.3 Å². The van der Waals surface area contributed by atoms with Crippen LogP contribution < -0.4 is 4.74 Å². The van der Waals surface area contributed by atoms with E-state index in [1.165, 1.54) is 12.1 Å². The zero-order chi connectivity index (χ0) is 29.2. The van der Waals surface area contributed by atoms with E-state index in [9.17, 15) is 32.1 Å². The van der Waals surface area contributed by atoms with Crippen LogP contribution in [0.1, 0.15) is 69.4 Å². The van der Waals surface area contributed by atoms with E-state index < -0.39 is 57.4 Å². The number of hydrogen-bond acceptors (Lipinski definition) is 10. The fourth-order valence-corrected chi connectivity index (χ4v) is 10.3. The van der Waals surface area contributed by atoms with Crippen molar-refractivity contribution in [2.45, 2.75) is 82.3 Å². The number of carbonyl (C=O) groups is 4. The first-order valence-corrected chi connectivity index (χ1v) is 16.0. The molecule has 0 spiro atoms. The summed E-state index contributed by atoms with van der Waals surface area (Å²) in [6.07, 6.45) is 2.52. The maximum absolute atomic E-state index is 13.8. The first kappa shape index (κ1) is 27.1. The molecule has 0 amide bonds. The Hall–Kier alpha value is -2.79. The van der Waals surface area contributed by atoms with Gasteiger partial charge in [-0.2, -0.15) is 0 Å². The van der Waals surface area contributed by atoms with E-state index in [1.807, 2.05) is 0 Å². The van der Waals surface area contributed by atoms with Crippen LogP contribution in [0.4, 0.5) is 0 Å². The minimum absolute atomic E-state index is 0.0906. The van der Waals surface area contributed by atoms with E-state index in [0.717, 1.165) is 12.8 Å². The zero-order valence-electron chi connectivity index (χ0n) is 23.2. The van der Waals surface area contributed by atoms with Crippen molar-refractivity contribution >= 4 is 33.8 Å². The summed E-state index contributed by atoms with van der Waals surface area (Å²) in [6.45, 7) is 5.01. The van der Waals surface area contributed by atoms with Crippen LogP contribution in [0.3, 0.4) is 0 Å². The topological polar surface area (TPSA) is 153 Å². The van der Waals surface area contributed by atoms with E-state index in [4.69, 9.17) is 14.2 Å². The maximum Gasteiger partial charge on any atom is 0.315 e. The van der Waals surface area contributed by atoms with Gasteiger partial charge in [-0.25, -0.2) is 8.42 Å². The largest absolute Gasteiger partial charge is 0.744 e. The van der Waals surface area contributed by atoms with Gasteiger partial charge in [0.15, 0.2) is 0 Å². The van der Waals surface area contributed by atoms with Gasteiger partial charge in [0.25, 0.3) is 0 Å². The fourth-order valence-electron chi connectivity index (χ4n) is 9.35. The summed E-state index contributed by atoms with van der Waals surface area (Å²) in [5.41, 5.74) is -0.160. The smallest absolute Gasteiger partial charge is 0.315 e. The fraction of sp³-hybridized carbons (Fsp3) is 0.667. The van der Waals surface area contributed by atoms with Crippen molar-refractivity contribution in [1.82, 2.24) is 0 Å². The summed E-state index contributed by atoms with van der Waals surface area (Å²) in [6, 6.07) is 2.61. The maximum atomic E-state index is 13.8. The molecule has 6 aliphatic carbocycles. The number of fused-ring (bicyclic) bond motifs is 1. The minimum Gasteiger partial charge on any atom is -0.744 e. The quantitative estimate of drug-likeness (QED) is 0.276. The van der Waals surface area contributed by atoms with Crippen LogP contribution in [0.15, 0.2) is 17.0 Å². The molecule has 1 heterocycles. The molecule has 1 aromatic rings. The molecule has 7 aliphatic rings. The van der Waals surface area contributed by atoms with Gasteiger partial charge in [0.2, 0.25) is 0 Å². The van der Waals surface area contributed by atoms with Crippen LogP contribution in [0.25, 0.3) is 0 Å². The minimum atomic E-state index is -4.74. The Morgan fingerprint density at radius 2 is 1.73 bits per heavy atom. The summed E-state index contributed by atoms with van der Waals surface area (Å²) in [5.74, 6) is -3.60. The number of benzene rings is 1. The van der Waals surface area contributed by atoms with Crippen molar-refractivity contribution in [2.75, 3.05) is 0 Å². The van der Waals surface area contributed by atoms with E-state index in [0.29, 0.717) is 37.2 Å². The third kappa shape index (κ3) is 3.94. The Labute approximate surface area is 238 Å². The summed E-state index contributed by atoms with van der Waals surface area (Å²) in [7, 11) is -4.74. The Bertz CT molecular complexity index is 1480. The number of Topliss-reactive ketones (excluding diaryl/α,β-unsaturated/α-hetero) is 1. The average molecular weight is 586 g/mol.